The summed E-state index contributed by atoms with van der Waals surface area (Å²) < 4.78 is 33.8. The van der Waals surface area contributed by atoms with Crippen molar-refractivity contribution in [1.29, 1.82) is 0 Å². The maximum Gasteiger partial charge on any atom is 0.149 e. The topological polar surface area (TPSA) is 38.5 Å². The highest BCUT2D eigenvalue weighted by molar-refractivity contribution is 5.53. The van der Waals surface area contributed by atoms with Crippen molar-refractivity contribution in [2.75, 3.05) is 31.2 Å². The van der Waals surface area contributed by atoms with E-state index in [1.54, 1.807) is 4.90 Å². The lowest BCUT2D eigenvalue weighted by Gasteiger charge is -2.44. The molecule has 0 atom stereocenters. The minimum absolute atomic E-state index is 0.0362. The monoisotopic (exact) mass is 270 g/mol. The summed E-state index contributed by atoms with van der Waals surface area (Å²) >= 11 is 0. The number of ether oxygens (including phenoxy) is 1. The van der Waals surface area contributed by atoms with E-state index in [1.807, 2.05) is 13.8 Å². The molecule has 0 saturated carbocycles. The van der Waals surface area contributed by atoms with Crippen LogP contribution in [0.2, 0.25) is 0 Å². The molecule has 19 heavy (non-hydrogen) atoms. The Balaban J connectivity index is 2.39. The Labute approximate surface area is 112 Å². The molecule has 106 valence electrons. The van der Waals surface area contributed by atoms with Gasteiger partial charge in [0, 0.05) is 6.54 Å². The van der Waals surface area contributed by atoms with E-state index < -0.39 is 17.2 Å². The highest BCUT2D eigenvalue weighted by Crippen LogP contribution is 2.32. The first-order chi connectivity index (χ1) is 8.95. The van der Waals surface area contributed by atoms with E-state index in [1.165, 1.54) is 12.1 Å². The van der Waals surface area contributed by atoms with Gasteiger partial charge in [0.15, 0.2) is 0 Å². The fourth-order valence-corrected chi connectivity index (χ4v) is 2.46. The molecule has 3 nitrogen and oxygen atoms in total. The van der Waals surface area contributed by atoms with Gasteiger partial charge in [0.05, 0.1) is 18.8 Å². The van der Waals surface area contributed by atoms with Crippen LogP contribution in [-0.4, -0.2) is 31.8 Å². The summed E-state index contributed by atoms with van der Waals surface area (Å²) in [6.07, 6.45) is 0.473. The third kappa shape index (κ3) is 2.87. The molecular weight excluding hydrogens is 250 g/mol. The van der Waals surface area contributed by atoms with E-state index in [0.29, 0.717) is 38.3 Å². The number of nitrogens with two attached hydrogens (primary N) is 1. The minimum atomic E-state index is -0.529. The summed E-state index contributed by atoms with van der Waals surface area (Å²) in [6, 6.07) is 2.74. The predicted molar refractivity (Wildman–Crippen MR) is 71.4 cm³/mol. The average molecular weight is 270 g/mol. The standard InChI is InChI=1S/C14H20F2N2O/c1-14(2)9-19-6-5-18(14)13-11(15)7-10(3-4-17)8-12(13)16/h7-8H,3-6,9,17H2,1-2H3. The van der Waals surface area contributed by atoms with Crippen LogP contribution < -0.4 is 10.6 Å². The van der Waals surface area contributed by atoms with Gasteiger partial charge in [-0.1, -0.05) is 0 Å². The van der Waals surface area contributed by atoms with Crippen molar-refractivity contribution in [3.8, 4) is 0 Å². The Morgan fingerprint density at radius 2 is 1.95 bits per heavy atom. The third-order valence-electron chi connectivity index (χ3n) is 3.42. The van der Waals surface area contributed by atoms with Crippen molar-refractivity contribution in [3.63, 3.8) is 0 Å². The Hall–Kier alpha value is -1.20. The molecule has 0 radical (unpaired) electrons. The number of hydrogen-bond acceptors (Lipinski definition) is 3. The molecule has 1 aromatic rings. The molecule has 1 aliphatic heterocycles. The maximum absolute atomic E-state index is 14.2. The molecule has 0 unspecified atom stereocenters. The molecule has 0 aliphatic carbocycles. The highest BCUT2D eigenvalue weighted by atomic mass is 19.1. The maximum atomic E-state index is 14.2. The average Bonchev–Trinajstić information content (AvgIpc) is 2.30. The van der Waals surface area contributed by atoms with Crippen LogP contribution in [0.25, 0.3) is 0 Å². The Kier molecular flexibility index (Phi) is 4.06. The number of halogens is 2. The molecule has 1 heterocycles. The smallest absolute Gasteiger partial charge is 0.149 e. The first kappa shape index (κ1) is 14.2. The second-order valence-corrected chi connectivity index (χ2v) is 5.46. The molecule has 0 spiro atoms. The van der Waals surface area contributed by atoms with Crippen LogP contribution in [0.4, 0.5) is 14.5 Å². The van der Waals surface area contributed by atoms with Crippen LogP contribution in [0.1, 0.15) is 19.4 Å². The van der Waals surface area contributed by atoms with Gasteiger partial charge in [0.1, 0.15) is 17.3 Å². The van der Waals surface area contributed by atoms with Gasteiger partial charge in [0.2, 0.25) is 0 Å². The lowest BCUT2D eigenvalue weighted by Crippen LogP contribution is -2.53. The zero-order valence-corrected chi connectivity index (χ0v) is 11.4. The zero-order chi connectivity index (χ0) is 14.0. The van der Waals surface area contributed by atoms with Crippen molar-refractivity contribution in [2.45, 2.75) is 25.8 Å². The SMILES string of the molecule is CC1(C)COCCN1c1c(F)cc(CCN)cc1F. The first-order valence-electron chi connectivity index (χ1n) is 6.49. The van der Waals surface area contributed by atoms with Crippen LogP contribution in [0.15, 0.2) is 12.1 Å². The molecule has 1 aliphatic rings. The molecule has 1 fully saturated rings. The van der Waals surface area contributed by atoms with Gasteiger partial charge in [-0.15, -0.1) is 0 Å². The number of morpholine rings is 1. The van der Waals surface area contributed by atoms with Gasteiger partial charge in [0.25, 0.3) is 0 Å². The third-order valence-corrected chi connectivity index (χ3v) is 3.42. The lowest BCUT2D eigenvalue weighted by molar-refractivity contribution is 0.0635. The fourth-order valence-electron chi connectivity index (χ4n) is 2.46. The zero-order valence-electron chi connectivity index (χ0n) is 11.4. The quantitative estimate of drug-likeness (QED) is 0.914. The number of benzene rings is 1. The van der Waals surface area contributed by atoms with Crippen molar-refractivity contribution in [1.82, 2.24) is 0 Å². The largest absolute Gasteiger partial charge is 0.377 e. The van der Waals surface area contributed by atoms with Crippen LogP contribution in [0.5, 0.6) is 0 Å². The Morgan fingerprint density at radius 1 is 1.32 bits per heavy atom. The summed E-state index contributed by atoms with van der Waals surface area (Å²) in [5.41, 5.74) is 5.62. The van der Waals surface area contributed by atoms with Gasteiger partial charge < -0.3 is 15.4 Å². The molecule has 2 N–H and O–H groups in total. The summed E-state index contributed by atoms with van der Waals surface area (Å²) in [5.74, 6) is -1.06. The molecule has 0 bridgehead atoms. The molecule has 0 aromatic heterocycles. The van der Waals surface area contributed by atoms with Gasteiger partial charge >= 0.3 is 0 Å². The molecule has 5 heteroatoms. The lowest BCUT2D eigenvalue weighted by atomic mass is 10.00. The van der Waals surface area contributed by atoms with E-state index in [2.05, 4.69) is 0 Å². The molecule has 0 amide bonds. The van der Waals surface area contributed by atoms with Crippen LogP contribution >= 0.6 is 0 Å². The number of nitrogens with zero attached hydrogens (tertiary/aromatic N) is 1. The molecular formula is C14H20F2N2O. The second-order valence-electron chi connectivity index (χ2n) is 5.46. The van der Waals surface area contributed by atoms with E-state index in [-0.39, 0.29) is 5.69 Å². The molecule has 1 aromatic carbocycles. The summed E-state index contributed by atoms with van der Waals surface area (Å²) in [7, 11) is 0. The van der Waals surface area contributed by atoms with Crippen molar-refractivity contribution in [3.05, 3.63) is 29.3 Å². The van der Waals surface area contributed by atoms with Crippen LogP contribution in [0, 0.1) is 11.6 Å². The second kappa shape index (κ2) is 5.43. The first-order valence-corrected chi connectivity index (χ1v) is 6.49. The van der Waals surface area contributed by atoms with Gasteiger partial charge in [-0.2, -0.15) is 0 Å². The van der Waals surface area contributed by atoms with E-state index in [4.69, 9.17) is 10.5 Å². The normalized spacial score (nSPS) is 18.7. The van der Waals surface area contributed by atoms with Gasteiger partial charge in [-0.3, -0.25) is 0 Å². The van der Waals surface area contributed by atoms with Gasteiger partial charge in [-0.25, -0.2) is 8.78 Å². The van der Waals surface area contributed by atoms with Crippen LogP contribution in [0.3, 0.4) is 0 Å². The molecule has 1 saturated heterocycles. The molecule has 2 rings (SSSR count). The summed E-state index contributed by atoms with van der Waals surface area (Å²) in [4.78, 5) is 1.74. The number of rotatable bonds is 3. The summed E-state index contributed by atoms with van der Waals surface area (Å²) in [6.45, 7) is 5.62. The van der Waals surface area contributed by atoms with E-state index in [9.17, 15) is 8.78 Å². The Morgan fingerprint density at radius 3 is 2.47 bits per heavy atom. The predicted octanol–water partition coefficient (Wildman–Crippen LogP) is 2.08. The fraction of sp³-hybridized carbons (Fsp3) is 0.571. The van der Waals surface area contributed by atoms with E-state index >= 15 is 0 Å². The number of anilines is 1. The van der Waals surface area contributed by atoms with Crippen LogP contribution in [-0.2, 0) is 11.2 Å². The van der Waals surface area contributed by atoms with Crippen molar-refractivity contribution in [2.24, 2.45) is 5.73 Å². The Bertz CT molecular complexity index is 440. The van der Waals surface area contributed by atoms with Crippen molar-refractivity contribution < 1.29 is 13.5 Å². The highest BCUT2D eigenvalue weighted by Gasteiger charge is 2.34. The summed E-state index contributed by atoms with van der Waals surface area (Å²) in [5, 5.41) is 0. The van der Waals surface area contributed by atoms with Gasteiger partial charge in [-0.05, 0) is 44.5 Å². The van der Waals surface area contributed by atoms with E-state index in [0.717, 1.165) is 0 Å². The van der Waals surface area contributed by atoms with Crippen molar-refractivity contribution >= 4 is 5.69 Å². The number of hydrogen-bond donors (Lipinski definition) is 1. The minimum Gasteiger partial charge on any atom is -0.377 e.